The third-order valence-corrected chi connectivity index (χ3v) is 5.24. The topological polar surface area (TPSA) is 63.1 Å². The van der Waals surface area contributed by atoms with E-state index in [9.17, 15) is 4.79 Å². The van der Waals surface area contributed by atoms with Gasteiger partial charge < -0.3 is 9.64 Å². The van der Waals surface area contributed by atoms with Crippen LogP contribution in [0.15, 0.2) is 48.5 Å². The van der Waals surface area contributed by atoms with Crippen LogP contribution in [0, 0.1) is 11.7 Å². The van der Waals surface area contributed by atoms with Crippen molar-refractivity contribution in [3.8, 4) is 17.1 Å². The molecular formula is C21H24N4O2S. The van der Waals surface area contributed by atoms with Gasteiger partial charge in [-0.25, -0.2) is 0 Å². The molecule has 0 spiro atoms. The molecule has 1 amide bonds. The number of amides is 1. The summed E-state index contributed by atoms with van der Waals surface area (Å²) in [5, 5.41) is 7.11. The summed E-state index contributed by atoms with van der Waals surface area (Å²) in [6, 6.07) is 15.5. The largest absolute Gasteiger partial charge is 0.496 e. The fourth-order valence-corrected chi connectivity index (χ4v) is 3.27. The Morgan fingerprint density at radius 3 is 2.61 bits per heavy atom. The Balaban J connectivity index is 1.84. The zero-order chi connectivity index (χ0) is 20.3. The second kappa shape index (κ2) is 8.39. The number of H-pyrrole nitrogens is 1. The lowest BCUT2D eigenvalue weighted by Crippen LogP contribution is -2.33. The van der Waals surface area contributed by atoms with Gasteiger partial charge in [-0.05, 0) is 32.1 Å². The number of carbonyl (C=O) groups excluding carboxylic acids is 1. The number of benzene rings is 2. The number of hydrogen-bond donors (Lipinski definition) is 1. The highest BCUT2D eigenvalue weighted by Crippen LogP contribution is 2.28. The molecule has 0 saturated carbocycles. The molecule has 0 aliphatic carbocycles. The Bertz CT molecular complexity index is 1020. The molecule has 1 unspecified atom stereocenters. The Morgan fingerprint density at radius 2 is 1.93 bits per heavy atom. The molecule has 28 heavy (non-hydrogen) atoms. The van der Waals surface area contributed by atoms with Crippen molar-refractivity contribution in [2.75, 3.05) is 14.2 Å². The molecule has 1 atom stereocenters. The number of methoxy groups -OCH3 is 1. The van der Waals surface area contributed by atoms with Crippen molar-refractivity contribution in [3.63, 3.8) is 0 Å². The molecule has 0 fully saturated rings. The van der Waals surface area contributed by atoms with Crippen LogP contribution in [-0.4, -0.2) is 39.7 Å². The molecule has 3 aromatic rings. The van der Waals surface area contributed by atoms with Gasteiger partial charge in [-0.15, -0.1) is 0 Å². The Labute approximate surface area is 169 Å². The maximum atomic E-state index is 13.0. The van der Waals surface area contributed by atoms with Crippen molar-refractivity contribution in [2.45, 2.75) is 26.4 Å². The molecule has 0 bridgehead atoms. The molecule has 0 radical (unpaired) electrons. The molecular weight excluding hydrogens is 372 g/mol. The number of aromatic nitrogens is 3. The van der Waals surface area contributed by atoms with Gasteiger partial charge in [0.15, 0.2) is 10.6 Å². The maximum Gasteiger partial charge on any atom is 0.242 e. The third-order valence-electron chi connectivity index (χ3n) is 4.92. The van der Waals surface area contributed by atoms with Gasteiger partial charge in [-0.2, -0.15) is 5.10 Å². The van der Waals surface area contributed by atoms with E-state index in [4.69, 9.17) is 17.0 Å². The zero-order valence-corrected chi connectivity index (χ0v) is 17.3. The molecule has 0 aliphatic heterocycles. The summed E-state index contributed by atoms with van der Waals surface area (Å²) in [5.41, 5.74) is 3.02. The lowest BCUT2D eigenvalue weighted by atomic mass is 10.1. The SMILES string of the molecule is COc1ccccc1C(C)N(C)C(=O)Cn1c(-c2ccc(C)cc2)n[nH]c1=S. The number of hydrogen-bond acceptors (Lipinski definition) is 4. The summed E-state index contributed by atoms with van der Waals surface area (Å²) >= 11 is 5.36. The molecule has 1 aromatic heterocycles. The number of aryl methyl sites for hydroxylation is 1. The lowest BCUT2D eigenvalue weighted by Gasteiger charge is -2.27. The molecule has 0 aliphatic rings. The Hall–Kier alpha value is -2.93. The molecule has 1 heterocycles. The highest BCUT2D eigenvalue weighted by atomic mass is 32.1. The second-order valence-electron chi connectivity index (χ2n) is 6.73. The first-order valence-corrected chi connectivity index (χ1v) is 9.44. The maximum absolute atomic E-state index is 13.0. The van der Waals surface area contributed by atoms with Crippen molar-refractivity contribution in [3.05, 3.63) is 64.4 Å². The summed E-state index contributed by atoms with van der Waals surface area (Å²) in [6.45, 7) is 4.11. The highest BCUT2D eigenvalue weighted by Gasteiger charge is 2.22. The smallest absolute Gasteiger partial charge is 0.242 e. The van der Waals surface area contributed by atoms with E-state index >= 15 is 0 Å². The van der Waals surface area contributed by atoms with E-state index in [1.165, 1.54) is 0 Å². The van der Waals surface area contributed by atoms with Gasteiger partial charge >= 0.3 is 0 Å². The summed E-state index contributed by atoms with van der Waals surface area (Å²) in [6.07, 6.45) is 0. The predicted octanol–water partition coefficient (Wildman–Crippen LogP) is 4.14. The average Bonchev–Trinajstić information content (AvgIpc) is 3.07. The van der Waals surface area contributed by atoms with Gasteiger partial charge in [-0.3, -0.25) is 14.5 Å². The fraction of sp³-hybridized carbons (Fsp3) is 0.286. The minimum Gasteiger partial charge on any atom is -0.496 e. The normalized spacial score (nSPS) is 11.9. The number of ether oxygens (including phenoxy) is 1. The van der Waals surface area contributed by atoms with E-state index in [1.807, 2.05) is 62.4 Å². The van der Waals surface area contributed by atoms with Crippen LogP contribution >= 0.6 is 12.2 Å². The van der Waals surface area contributed by atoms with Crippen molar-refractivity contribution in [1.82, 2.24) is 19.7 Å². The molecule has 7 heteroatoms. The number of para-hydroxylation sites is 1. The van der Waals surface area contributed by atoms with Crippen LogP contribution in [0.3, 0.4) is 0 Å². The number of aromatic amines is 1. The second-order valence-corrected chi connectivity index (χ2v) is 7.11. The number of nitrogens with one attached hydrogen (secondary N) is 1. The Kier molecular flexibility index (Phi) is 5.94. The standard InChI is InChI=1S/C21H24N4O2S/c1-14-9-11-16(12-10-14)20-22-23-21(28)25(20)13-19(26)24(3)15(2)17-7-5-6-8-18(17)27-4/h5-12,15H,13H2,1-4H3,(H,23,28). The van der Waals surface area contributed by atoms with E-state index in [2.05, 4.69) is 10.2 Å². The van der Waals surface area contributed by atoms with Crippen LogP contribution in [0.4, 0.5) is 0 Å². The number of likely N-dealkylation sites (N-methyl/N-ethyl adjacent to an activating group) is 1. The van der Waals surface area contributed by atoms with Crippen molar-refractivity contribution < 1.29 is 9.53 Å². The van der Waals surface area contributed by atoms with Crippen LogP contribution < -0.4 is 4.74 Å². The van der Waals surface area contributed by atoms with E-state index in [0.29, 0.717) is 10.6 Å². The monoisotopic (exact) mass is 396 g/mol. The van der Waals surface area contributed by atoms with E-state index in [0.717, 1.165) is 22.4 Å². The van der Waals surface area contributed by atoms with Crippen molar-refractivity contribution in [2.24, 2.45) is 0 Å². The third kappa shape index (κ3) is 3.99. The van der Waals surface area contributed by atoms with Crippen LogP contribution in [0.25, 0.3) is 11.4 Å². The molecule has 146 valence electrons. The zero-order valence-electron chi connectivity index (χ0n) is 16.5. The Morgan fingerprint density at radius 1 is 1.25 bits per heavy atom. The molecule has 3 rings (SSSR count). The van der Waals surface area contributed by atoms with Crippen molar-refractivity contribution >= 4 is 18.1 Å². The van der Waals surface area contributed by atoms with E-state index in [1.54, 1.807) is 23.6 Å². The molecule has 1 N–H and O–H groups in total. The number of nitrogens with zero attached hydrogens (tertiary/aromatic N) is 3. The van der Waals surface area contributed by atoms with Crippen LogP contribution in [0.5, 0.6) is 5.75 Å². The molecule has 2 aromatic carbocycles. The van der Waals surface area contributed by atoms with Gasteiger partial charge in [-0.1, -0.05) is 48.0 Å². The van der Waals surface area contributed by atoms with Gasteiger partial charge in [0.1, 0.15) is 12.3 Å². The molecule has 0 saturated heterocycles. The first-order chi connectivity index (χ1) is 13.4. The van der Waals surface area contributed by atoms with Gasteiger partial charge in [0.2, 0.25) is 5.91 Å². The highest BCUT2D eigenvalue weighted by molar-refractivity contribution is 7.71. The predicted molar refractivity (Wildman–Crippen MR) is 112 cm³/mol. The summed E-state index contributed by atoms with van der Waals surface area (Å²) in [7, 11) is 3.42. The minimum absolute atomic E-state index is 0.0655. The molecule has 6 nitrogen and oxygen atoms in total. The van der Waals surface area contributed by atoms with Crippen molar-refractivity contribution in [1.29, 1.82) is 0 Å². The first kappa shape index (κ1) is 19.8. The van der Waals surface area contributed by atoms with Crippen LogP contribution in [0.1, 0.15) is 24.1 Å². The lowest BCUT2D eigenvalue weighted by molar-refractivity contribution is -0.132. The van der Waals surface area contributed by atoms with Crippen LogP contribution in [0.2, 0.25) is 0 Å². The van der Waals surface area contributed by atoms with Gasteiger partial charge in [0.25, 0.3) is 0 Å². The van der Waals surface area contributed by atoms with E-state index in [-0.39, 0.29) is 18.5 Å². The minimum atomic E-state index is -0.146. The number of carbonyl (C=O) groups is 1. The number of rotatable bonds is 6. The summed E-state index contributed by atoms with van der Waals surface area (Å²) < 4.78 is 7.58. The van der Waals surface area contributed by atoms with Crippen LogP contribution in [-0.2, 0) is 11.3 Å². The van der Waals surface area contributed by atoms with E-state index < -0.39 is 0 Å². The summed E-state index contributed by atoms with van der Waals surface area (Å²) in [5.74, 6) is 1.34. The first-order valence-electron chi connectivity index (χ1n) is 9.03. The summed E-state index contributed by atoms with van der Waals surface area (Å²) in [4.78, 5) is 14.7. The van der Waals surface area contributed by atoms with Gasteiger partial charge in [0.05, 0.1) is 13.2 Å². The van der Waals surface area contributed by atoms with Gasteiger partial charge in [0, 0.05) is 18.2 Å². The average molecular weight is 397 g/mol. The fourth-order valence-electron chi connectivity index (χ4n) is 3.07. The quantitative estimate of drug-likeness (QED) is 0.636.